The van der Waals surface area contributed by atoms with Crippen molar-refractivity contribution in [3.8, 4) is 11.8 Å². The molecule has 27 heavy (non-hydrogen) atoms. The Morgan fingerprint density at radius 2 is 2.15 bits per heavy atom. The van der Waals surface area contributed by atoms with Gasteiger partial charge in [-0.05, 0) is 73.9 Å². The molecule has 0 bridgehead atoms. The van der Waals surface area contributed by atoms with Gasteiger partial charge in [-0.2, -0.15) is 0 Å². The minimum absolute atomic E-state index is 0.699. The zero-order valence-electron chi connectivity index (χ0n) is 16.4. The molecule has 0 amide bonds. The maximum absolute atomic E-state index is 3.58. The molecule has 3 nitrogen and oxygen atoms in total. The van der Waals surface area contributed by atoms with Gasteiger partial charge in [0.15, 0.2) is 0 Å². The molecule has 2 aromatic heterocycles. The Kier molecular flexibility index (Phi) is 6.98. The van der Waals surface area contributed by atoms with Crippen LogP contribution in [0.2, 0.25) is 0 Å². The molecular formula is C23H29N3S. The van der Waals surface area contributed by atoms with Gasteiger partial charge in [0.05, 0.1) is 4.88 Å². The first kappa shape index (κ1) is 19.5. The first-order valence-corrected chi connectivity index (χ1v) is 10.6. The van der Waals surface area contributed by atoms with E-state index in [1.807, 2.05) is 31.5 Å². The molecule has 1 fully saturated rings. The summed E-state index contributed by atoms with van der Waals surface area (Å²) in [5.74, 6) is 6.49. The highest BCUT2D eigenvalue weighted by Crippen LogP contribution is 2.38. The molecule has 1 aromatic carbocycles. The topological polar surface area (TPSA) is 39.9 Å². The number of fused-ring (bicyclic) bond motifs is 1. The number of hydrogen-bond acceptors (Lipinski definition) is 3. The summed E-state index contributed by atoms with van der Waals surface area (Å²) in [6.07, 6.45) is 6.08. The molecule has 2 heterocycles. The lowest BCUT2D eigenvalue weighted by Gasteiger charge is -2.12. The van der Waals surface area contributed by atoms with Crippen molar-refractivity contribution < 1.29 is 0 Å². The van der Waals surface area contributed by atoms with Crippen LogP contribution in [0.5, 0.6) is 0 Å². The standard InChI is InChI=1S/C16H23N3.C7H6S/c1-3-18-13-5-4-11(8-13)15-10-19-16-7-6-12(17-2)9-14(15)16;1-2-4-7-5-3-6-8-7/h6-7,9-11,13,17-19H,3-5,8H2,1-2H3;3,5-6H,1H3. The third-order valence-electron chi connectivity index (χ3n) is 5.14. The highest BCUT2D eigenvalue weighted by molar-refractivity contribution is 7.10. The maximum atomic E-state index is 3.58. The average Bonchev–Trinajstić information content (AvgIpc) is 3.43. The number of rotatable bonds is 4. The molecule has 2 unspecified atom stereocenters. The number of thiophene rings is 1. The molecule has 0 aliphatic heterocycles. The van der Waals surface area contributed by atoms with Gasteiger partial charge in [-0.1, -0.05) is 18.9 Å². The van der Waals surface area contributed by atoms with Crippen molar-refractivity contribution in [1.29, 1.82) is 0 Å². The van der Waals surface area contributed by atoms with E-state index in [0.29, 0.717) is 12.0 Å². The fourth-order valence-electron chi connectivity index (χ4n) is 3.85. The number of nitrogens with one attached hydrogen (secondary N) is 3. The molecule has 0 radical (unpaired) electrons. The third kappa shape index (κ3) is 4.94. The summed E-state index contributed by atoms with van der Waals surface area (Å²) in [5, 5.41) is 10.2. The fraction of sp³-hybridized carbons (Fsp3) is 0.391. The molecule has 1 aliphatic rings. The largest absolute Gasteiger partial charge is 0.388 e. The summed E-state index contributed by atoms with van der Waals surface area (Å²) in [5.41, 5.74) is 3.93. The van der Waals surface area contributed by atoms with E-state index in [0.717, 1.165) is 11.4 Å². The Hall–Kier alpha value is -2.22. The summed E-state index contributed by atoms with van der Waals surface area (Å²) in [6.45, 7) is 5.12. The number of aromatic nitrogens is 1. The van der Waals surface area contributed by atoms with E-state index in [1.54, 1.807) is 11.3 Å². The van der Waals surface area contributed by atoms with E-state index < -0.39 is 0 Å². The van der Waals surface area contributed by atoms with Crippen LogP contribution in [0, 0.1) is 11.8 Å². The van der Waals surface area contributed by atoms with Crippen LogP contribution in [-0.2, 0) is 0 Å². The van der Waals surface area contributed by atoms with Gasteiger partial charge in [-0.3, -0.25) is 0 Å². The van der Waals surface area contributed by atoms with Crippen LogP contribution < -0.4 is 10.6 Å². The van der Waals surface area contributed by atoms with Crippen LogP contribution in [0.4, 0.5) is 5.69 Å². The molecule has 3 N–H and O–H groups in total. The van der Waals surface area contributed by atoms with Crippen molar-refractivity contribution in [2.75, 3.05) is 18.9 Å². The fourth-order valence-corrected chi connectivity index (χ4v) is 4.47. The van der Waals surface area contributed by atoms with E-state index in [-0.39, 0.29) is 0 Å². The summed E-state index contributed by atoms with van der Waals surface area (Å²) >= 11 is 1.67. The van der Waals surface area contributed by atoms with Crippen molar-refractivity contribution in [2.45, 2.75) is 45.1 Å². The van der Waals surface area contributed by atoms with E-state index >= 15 is 0 Å². The van der Waals surface area contributed by atoms with E-state index in [4.69, 9.17) is 0 Å². The molecule has 3 aromatic rings. The lowest BCUT2D eigenvalue weighted by atomic mass is 9.96. The normalized spacial score (nSPS) is 18.5. The number of H-pyrrole nitrogens is 1. The molecule has 142 valence electrons. The van der Waals surface area contributed by atoms with Crippen LogP contribution in [0.25, 0.3) is 10.9 Å². The second-order valence-corrected chi connectivity index (χ2v) is 7.82. The molecular weight excluding hydrogens is 350 g/mol. The summed E-state index contributed by atoms with van der Waals surface area (Å²) in [4.78, 5) is 4.56. The Bertz CT molecular complexity index is 899. The Morgan fingerprint density at radius 3 is 2.85 bits per heavy atom. The highest BCUT2D eigenvalue weighted by atomic mass is 32.1. The Balaban J connectivity index is 0.000000221. The Morgan fingerprint density at radius 1 is 1.26 bits per heavy atom. The first-order valence-electron chi connectivity index (χ1n) is 9.73. The minimum Gasteiger partial charge on any atom is -0.388 e. The van der Waals surface area contributed by atoms with Crippen molar-refractivity contribution in [3.05, 3.63) is 52.3 Å². The van der Waals surface area contributed by atoms with Gasteiger partial charge in [-0.15, -0.1) is 17.3 Å². The van der Waals surface area contributed by atoms with Crippen LogP contribution in [0.15, 0.2) is 41.9 Å². The van der Waals surface area contributed by atoms with Gasteiger partial charge < -0.3 is 15.6 Å². The van der Waals surface area contributed by atoms with Crippen molar-refractivity contribution in [2.24, 2.45) is 0 Å². The SMILES string of the molecule is CC#Cc1cccs1.CCNC1CCC(c2c[nH]c3ccc(NC)cc23)C1. The van der Waals surface area contributed by atoms with E-state index in [2.05, 4.69) is 58.8 Å². The van der Waals surface area contributed by atoms with Crippen LogP contribution >= 0.6 is 11.3 Å². The van der Waals surface area contributed by atoms with Crippen LogP contribution in [0.1, 0.15) is 49.5 Å². The van der Waals surface area contributed by atoms with Crippen molar-refractivity contribution >= 4 is 27.9 Å². The molecule has 1 saturated carbocycles. The zero-order valence-corrected chi connectivity index (χ0v) is 17.2. The zero-order chi connectivity index (χ0) is 19.1. The lowest BCUT2D eigenvalue weighted by Crippen LogP contribution is -2.25. The molecule has 4 rings (SSSR count). The maximum Gasteiger partial charge on any atom is 0.0768 e. The van der Waals surface area contributed by atoms with Gasteiger partial charge in [0.25, 0.3) is 0 Å². The van der Waals surface area contributed by atoms with Gasteiger partial charge in [-0.25, -0.2) is 0 Å². The summed E-state index contributed by atoms with van der Waals surface area (Å²) in [7, 11) is 1.98. The number of hydrogen-bond donors (Lipinski definition) is 3. The number of anilines is 1. The second kappa shape index (κ2) is 9.64. The molecule has 2 atom stereocenters. The van der Waals surface area contributed by atoms with Crippen LogP contribution in [0.3, 0.4) is 0 Å². The molecule has 0 spiro atoms. The Labute approximate surface area is 166 Å². The van der Waals surface area contributed by atoms with E-state index in [9.17, 15) is 0 Å². The molecule has 0 saturated heterocycles. The predicted octanol–water partition coefficient (Wildman–Crippen LogP) is 5.57. The van der Waals surface area contributed by atoms with Crippen molar-refractivity contribution in [3.63, 3.8) is 0 Å². The molecule has 1 aliphatic carbocycles. The van der Waals surface area contributed by atoms with Gasteiger partial charge in [0.2, 0.25) is 0 Å². The smallest absolute Gasteiger partial charge is 0.0768 e. The quantitative estimate of drug-likeness (QED) is 0.518. The third-order valence-corrected chi connectivity index (χ3v) is 5.92. The van der Waals surface area contributed by atoms with Crippen LogP contribution in [-0.4, -0.2) is 24.6 Å². The van der Waals surface area contributed by atoms with Gasteiger partial charge in [0.1, 0.15) is 0 Å². The van der Waals surface area contributed by atoms with Crippen molar-refractivity contribution in [1.82, 2.24) is 10.3 Å². The first-order chi connectivity index (χ1) is 13.2. The predicted molar refractivity (Wildman–Crippen MR) is 119 cm³/mol. The highest BCUT2D eigenvalue weighted by Gasteiger charge is 2.26. The summed E-state index contributed by atoms with van der Waals surface area (Å²) in [6, 6.07) is 11.3. The number of aromatic amines is 1. The summed E-state index contributed by atoms with van der Waals surface area (Å²) < 4.78 is 0. The van der Waals surface area contributed by atoms with Gasteiger partial charge in [0, 0.05) is 35.9 Å². The van der Waals surface area contributed by atoms with Gasteiger partial charge >= 0.3 is 0 Å². The number of benzene rings is 1. The molecule has 4 heteroatoms. The monoisotopic (exact) mass is 379 g/mol. The lowest BCUT2D eigenvalue weighted by molar-refractivity contribution is 0.535. The van der Waals surface area contributed by atoms with E-state index in [1.165, 1.54) is 41.4 Å². The average molecular weight is 380 g/mol. The second-order valence-electron chi connectivity index (χ2n) is 6.87. The minimum atomic E-state index is 0.699.